The lowest BCUT2D eigenvalue weighted by Crippen LogP contribution is -2.04. The minimum atomic E-state index is -3.23. The fraction of sp³-hybridized carbons (Fsp3) is 0.286. The zero-order chi connectivity index (χ0) is 15.6. The molecule has 2 rings (SSSR count). The Hall–Kier alpha value is -2.15. The number of benzene rings is 1. The summed E-state index contributed by atoms with van der Waals surface area (Å²) in [6.45, 7) is 3.75. The molecule has 0 N–H and O–H groups in total. The molecule has 1 aromatic carbocycles. The lowest BCUT2D eigenvalue weighted by atomic mass is 10.3. The Morgan fingerprint density at radius 3 is 2.43 bits per heavy atom. The molecule has 0 atom stereocenters. The van der Waals surface area contributed by atoms with E-state index in [9.17, 15) is 13.2 Å². The summed E-state index contributed by atoms with van der Waals surface area (Å²) < 4.78 is 29.3. The maximum atomic E-state index is 11.7. The molecule has 0 aliphatic rings. The number of hydrogen-bond donors (Lipinski definition) is 0. The summed E-state index contributed by atoms with van der Waals surface area (Å²) in [5.74, 6) is -0.422. The Kier molecular flexibility index (Phi) is 4.13. The highest BCUT2D eigenvalue weighted by molar-refractivity contribution is 7.90. The van der Waals surface area contributed by atoms with Crippen LogP contribution in [0.1, 0.15) is 23.0 Å². The van der Waals surface area contributed by atoms with Crippen molar-refractivity contribution in [3.8, 4) is 5.69 Å². The van der Waals surface area contributed by atoms with Crippen LogP contribution in [0.4, 0.5) is 0 Å². The molecule has 0 spiro atoms. The van der Waals surface area contributed by atoms with Crippen molar-refractivity contribution in [2.24, 2.45) is 0 Å². The molecule has 7 heteroatoms. The van der Waals surface area contributed by atoms with E-state index < -0.39 is 15.8 Å². The first-order chi connectivity index (χ1) is 9.82. The van der Waals surface area contributed by atoms with Crippen LogP contribution in [0.15, 0.2) is 35.4 Å². The summed E-state index contributed by atoms with van der Waals surface area (Å²) >= 11 is 0. The normalized spacial score (nSPS) is 11.4. The minimum absolute atomic E-state index is 0.237. The Labute approximate surface area is 123 Å². The average Bonchev–Trinajstić information content (AvgIpc) is 2.80. The molecule has 21 heavy (non-hydrogen) atoms. The zero-order valence-electron chi connectivity index (χ0n) is 12.0. The van der Waals surface area contributed by atoms with Gasteiger partial charge in [0.05, 0.1) is 22.9 Å². The first kappa shape index (κ1) is 15.2. The lowest BCUT2D eigenvalue weighted by Gasteiger charge is -2.02. The van der Waals surface area contributed by atoms with Crippen molar-refractivity contribution in [3.63, 3.8) is 0 Å². The van der Waals surface area contributed by atoms with Crippen molar-refractivity contribution < 1.29 is 17.9 Å². The van der Waals surface area contributed by atoms with Gasteiger partial charge in [-0.25, -0.2) is 17.9 Å². The SMILES string of the molecule is CCOC(=O)c1cn(-c2ccc(S(C)(=O)=O)cc2)nc1C. The molecule has 0 saturated carbocycles. The molecule has 0 saturated heterocycles. The second-order valence-corrected chi connectivity index (χ2v) is 6.58. The van der Waals surface area contributed by atoms with E-state index in [2.05, 4.69) is 5.10 Å². The largest absolute Gasteiger partial charge is 0.462 e. The van der Waals surface area contributed by atoms with E-state index in [4.69, 9.17) is 4.74 Å². The number of aromatic nitrogens is 2. The smallest absolute Gasteiger partial charge is 0.341 e. The van der Waals surface area contributed by atoms with Gasteiger partial charge in [0.25, 0.3) is 0 Å². The van der Waals surface area contributed by atoms with Crippen molar-refractivity contribution in [1.29, 1.82) is 0 Å². The number of ether oxygens (including phenoxy) is 1. The van der Waals surface area contributed by atoms with Crippen LogP contribution < -0.4 is 0 Å². The minimum Gasteiger partial charge on any atom is -0.462 e. The van der Waals surface area contributed by atoms with Crippen LogP contribution in [-0.4, -0.2) is 37.0 Å². The maximum absolute atomic E-state index is 11.7. The molecule has 0 aliphatic carbocycles. The summed E-state index contributed by atoms with van der Waals surface area (Å²) in [4.78, 5) is 12.0. The third kappa shape index (κ3) is 3.30. The molecular weight excluding hydrogens is 292 g/mol. The number of hydrogen-bond acceptors (Lipinski definition) is 5. The highest BCUT2D eigenvalue weighted by Gasteiger charge is 2.15. The van der Waals surface area contributed by atoms with Gasteiger partial charge in [-0.05, 0) is 38.1 Å². The topological polar surface area (TPSA) is 78.3 Å². The fourth-order valence-corrected chi connectivity index (χ4v) is 2.48. The molecule has 0 fully saturated rings. The van der Waals surface area contributed by atoms with E-state index in [0.717, 1.165) is 6.26 Å². The van der Waals surface area contributed by atoms with E-state index in [-0.39, 0.29) is 4.90 Å². The van der Waals surface area contributed by atoms with Gasteiger partial charge in [0, 0.05) is 12.5 Å². The molecule has 0 amide bonds. The zero-order valence-corrected chi connectivity index (χ0v) is 12.8. The Morgan fingerprint density at radius 1 is 1.29 bits per heavy atom. The van der Waals surface area contributed by atoms with Gasteiger partial charge in [-0.1, -0.05) is 0 Å². The standard InChI is InChI=1S/C14H16N2O4S/c1-4-20-14(17)13-9-16(15-10(13)2)11-5-7-12(8-6-11)21(3,18)19/h5-9H,4H2,1-3H3. The first-order valence-electron chi connectivity index (χ1n) is 6.37. The maximum Gasteiger partial charge on any atom is 0.341 e. The van der Waals surface area contributed by atoms with Gasteiger partial charge in [0.1, 0.15) is 5.56 Å². The van der Waals surface area contributed by atoms with E-state index >= 15 is 0 Å². The second-order valence-electron chi connectivity index (χ2n) is 4.56. The van der Waals surface area contributed by atoms with Crippen molar-refractivity contribution in [3.05, 3.63) is 41.7 Å². The fourth-order valence-electron chi connectivity index (χ4n) is 1.85. The van der Waals surface area contributed by atoms with Crippen LogP contribution in [0.2, 0.25) is 0 Å². The summed E-state index contributed by atoms with van der Waals surface area (Å²) in [7, 11) is -3.23. The molecular formula is C14H16N2O4S. The monoisotopic (exact) mass is 308 g/mol. The molecule has 0 radical (unpaired) electrons. The molecule has 6 nitrogen and oxygen atoms in total. The quantitative estimate of drug-likeness (QED) is 0.804. The number of sulfone groups is 1. The van der Waals surface area contributed by atoms with Crippen molar-refractivity contribution >= 4 is 15.8 Å². The van der Waals surface area contributed by atoms with Crippen molar-refractivity contribution in [2.75, 3.05) is 12.9 Å². The predicted octanol–water partition coefficient (Wildman–Crippen LogP) is 1.76. The Bertz CT molecular complexity index is 761. The van der Waals surface area contributed by atoms with Gasteiger partial charge in [-0.3, -0.25) is 0 Å². The summed E-state index contributed by atoms with van der Waals surface area (Å²) in [6.07, 6.45) is 2.72. The highest BCUT2D eigenvalue weighted by atomic mass is 32.2. The summed E-state index contributed by atoms with van der Waals surface area (Å²) in [5, 5.41) is 4.24. The van der Waals surface area contributed by atoms with Gasteiger partial charge >= 0.3 is 5.97 Å². The van der Waals surface area contributed by atoms with Crippen molar-refractivity contribution in [2.45, 2.75) is 18.7 Å². The van der Waals surface area contributed by atoms with Crippen LogP contribution in [-0.2, 0) is 14.6 Å². The van der Waals surface area contributed by atoms with Gasteiger partial charge < -0.3 is 4.74 Å². The van der Waals surface area contributed by atoms with Crippen LogP contribution in [0.3, 0.4) is 0 Å². The van der Waals surface area contributed by atoms with Crippen LogP contribution in [0.25, 0.3) is 5.69 Å². The van der Waals surface area contributed by atoms with E-state index in [1.54, 1.807) is 32.2 Å². The summed E-state index contributed by atoms with van der Waals surface area (Å²) in [6, 6.07) is 6.28. The molecule has 1 heterocycles. The molecule has 2 aromatic rings. The number of carbonyl (C=O) groups excluding carboxylic acids is 1. The van der Waals surface area contributed by atoms with E-state index in [1.807, 2.05) is 0 Å². The van der Waals surface area contributed by atoms with Gasteiger partial charge in [0.2, 0.25) is 0 Å². The molecule has 0 unspecified atom stereocenters. The average molecular weight is 308 g/mol. The van der Waals surface area contributed by atoms with Crippen LogP contribution in [0.5, 0.6) is 0 Å². The number of nitrogens with zero attached hydrogens (tertiary/aromatic N) is 2. The number of carbonyl (C=O) groups is 1. The van der Waals surface area contributed by atoms with Gasteiger partial charge in [-0.15, -0.1) is 0 Å². The lowest BCUT2D eigenvalue weighted by molar-refractivity contribution is 0.0525. The van der Waals surface area contributed by atoms with Gasteiger partial charge in [-0.2, -0.15) is 5.10 Å². The van der Waals surface area contributed by atoms with Crippen LogP contribution in [0, 0.1) is 6.92 Å². The van der Waals surface area contributed by atoms with E-state index in [1.165, 1.54) is 16.8 Å². The molecule has 1 aromatic heterocycles. The third-order valence-corrected chi connectivity index (χ3v) is 4.05. The molecule has 0 bridgehead atoms. The Balaban J connectivity index is 2.35. The number of esters is 1. The number of aryl methyl sites for hydroxylation is 1. The second kappa shape index (κ2) is 5.69. The van der Waals surface area contributed by atoms with E-state index in [0.29, 0.717) is 23.6 Å². The summed E-state index contributed by atoms with van der Waals surface area (Å²) in [5.41, 5.74) is 1.62. The predicted molar refractivity (Wildman–Crippen MR) is 77.4 cm³/mol. The van der Waals surface area contributed by atoms with Crippen molar-refractivity contribution in [1.82, 2.24) is 9.78 Å². The third-order valence-electron chi connectivity index (χ3n) is 2.92. The molecule has 112 valence electrons. The highest BCUT2D eigenvalue weighted by Crippen LogP contribution is 2.16. The van der Waals surface area contributed by atoms with Crippen LogP contribution >= 0.6 is 0 Å². The number of rotatable bonds is 4. The van der Waals surface area contributed by atoms with Gasteiger partial charge in [0.15, 0.2) is 9.84 Å². The molecule has 0 aliphatic heterocycles. The Morgan fingerprint density at radius 2 is 1.90 bits per heavy atom. The first-order valence-corrected chi connectivity index (χ1v) is 8.26.